The van der Waals surface area contributed by atoms with Crippen molar-refractivity contribution in [2.24, 2.45) is 0 Å². The van der Waals surface area contributed by atoms with Gasteiger partial charge in [-0.3, -0.25) is 9.69 Å². The fourth-order valence-corrected chi connectivity index (χ4v) is 3.57. The Morgan fingerprint density at radius 2 is 1.59 bits per heavy atom. The summed E-state index contributed by atoms with van der Waals surface area (Å²) in [6, 6.07) is 20.7. The normalized spacial score (nSPS) is 16.0. The molecule has 27 heavy (non-hydrogen) atoms. The van der Waals surface area contributed by atoms with E-state index in [-0.39, 0.29) is 11.9 Å². The predicted octanol–water partition coefficient (Wildman–Crippen LogP) is 3.37. The minimum Gasteiger partial charge on any atom is -0.379 e. The van der Waals surface area contributed by atoms with Crippen LogP contribution >= 0.6 is 0 Å². The van der Waals surface area contributed by atoms with Crippen molar-refractivity contribution >= 4 is 5.91 Å². The lowest BCUT2D eigenvalue weighted by Gasteiger charge is -2.35. The average molecular weight is 367 g/mol. The summed E-state index contributed by atoms with van der Waals surface area (Å²) < 4.78 is 5.45. The van der Waals surface area contributed by atoms with Crippen molar-refractivity contribution in [3.63, 3.8) is 0 Å². The van der Waals surface area contributed by atoms with Gasteiger partial charge in [0.25, 0.3) is 0 Å². The molecule has 1 aliphatic heterocycles. The molecule has 0 radical (unpaired) electrons. The lowest BCUT2D eigenvalue weighted by Crippen LogP contribution is -2.48. The lowest BCUT2D eigenvalue weighted by atomic mass is 10.1. The highest BCUT2D eigenvalue weighted by molar-refractivity contribution is 5.76. The number of hydrogen-bond acceptors (Lipinski definition) is 3. The summed E-state index contributed by atoms with van der Waals surface area (Å²) >= 11 is 0. The largest absolute Gasteiger partial charge is 0.379 e. The number of carbonyl (C=O) groups excluding carboxylic acids is 1. The summed E-state index contributed by atoms with van der Waals surface area (Å²) in [7, 11) is 0. The van der Waals surface area contributed by atoms with Crippen LogP contribution in [-0.4, -0.2) is 54.6 Å². The number of amides is 1. The molecule has 0 N–H and O–H groups in total. The number of rotatable bonds is 8. The van der Waals surface area contributed by atoms with Crippen molar-refractivity contribution in [2.75, 3.05) is 32.8 Å². The standard InChI is InChI=1S/C23H30N2O2/c1-20(18-24-14-16-27-17-15-24)25(19-22-10-6-3-7-11-22)23(26)13-12-21-8-4-2-5-9-21/h2-11,20H,12-19H2,1H3. The van der Waals surface area contributed by atoms with Crippen LogP contribution in [0.2, 0.25) is 0 Å². The molecule has 1 aliphatic rings. The Kier molecular flexibility index (Phi) is 7.43. The number of nitrogens with zero attached hydrogens (tertiary/aromatic N) is 2. The second kappa shape index (κ2) is 10.2. The summed E-state index contributed by atoms with van der Waals surface area (Å²) in [5, 5.41) is 0. The lowest BCUT2D eigenvalue weighted by molar-refractivity contribution is -0.134. The summed E-state index contributed by atoms with van der Waals surface area (Å²) in [6.45, 7) is 7.19. The third kappa shape index (κ3) is 6.19. The number of benzene rings is 2. The van der Waals surface area contributed by atoms with Crippen LogP contribution in [0.4, 0.5) is 0 Å². The molecule has 0 spiro atoms. The Hall–Kier alpha value is -2.17. The van der Waals surface area contributed by atoms with E-state index in [1.807, 2.05) is 41.3 Å². The van der Waals surface area contributed by atoms with Gasteiger partial charge >= 0.3 is 0 Å². The molecule has 0 aromatic heterocycles. The Labute approximate surface area is 162 Å². The molecule has 3 rings (SSSR count). The second-order valence-electron chi connectivity index (χ2n) is 7.25. The summed E-state index contributed by atoms with van der Waals surface area (Å²) in [5.41, 5.74) is 2.39. The van der Waals surface area contributed by atoms with Crippen molar-refractivity contribution in [1.29, 1.82) is 0 Å². The summed E-state index contributed by atoms with van der Waals surface area (Å²) in [6.07, 6.45) is 1.33. The molecule has 1 heterocycles. The number of ether oxygens (including phenoxy) is 1. The monoisotopic (exact) mass is 366 g/mol. The molecule has 144 valence electrons. The molecule has 4 nitrogen and oxygen atoms in total. The van der Waals surface area contributed by atoms with Crippen LogP contribution in [-0.2, 0) is 22.5 Å². The van der Waals surface area contributed by atoms with Crippen LogP contribution in [0.5, 0.6) is 0 Å². The zero-order valence-electron chi connectivity index (χ0n) is 16.2. The third-order valence-electron chi connectivity index (χ3n) is 5.14. The third-order valence-corrected chi connectivity index (χ3v) is 5.14. The van der Waals surface area contributed by atoms with Gasteiger partial charge < -0.3 is 9.64 Å². The van der Waals surface area contributed by atoms with Gasteiger partial charge in [-0.15, -0.1) is 0 Å². The van der Waals surface area contributed by atoms with Gasteiger partial charge in [0, 0.05) is 38.6 Å². The molecule has 4 heteroatoms. The molecular formula is C23H30N2O2. The van der Waals surface area contributed by atoms with Crippen LogP contribution in [0.1, 0.15) is 24.5 Å². The zero-order chi connectivity index (χ0) is 18.9. The highest BCUT2D eigenvalue weighted by Crippen LogP contribution is 2.14. The molecule has 2 aromatic rings. The van der Waals surface area contributed by atoms with E-state index < -0.39 is 0 Å². The van der Waals surface area contributed by atoms with Gasteiger partial charge in [-0.1, -0.05) is 60.7 Å². The van der Waals surface area contributed by atoms with E-state index in [1.54, 1.807) is 0 Å². The molecule has 1 fully saturated rings. The Bertz CT molecular complexity index is 684. The first-order valence-electron chi connectivity index (χ1n) is 9.90. The Morgan fingerprint density at radius 1 is 1.00 bits per heavy atom. The SMILES string of the molecule is CC(CN1CCOCC1)N(Cc1ccccc1)C(=O)CCc1ccccc1. The molecule has 0 bridgehead atoms. The minimum atomic E-state index is 0.173. The van der Waals surface area contributed by atoms with Crippen LogP contribution in [0.15, 0.2) is 60.7 Å². The predicted molar refractivity (Wildman–Crippen MR) is 108 cm³/mol. The van der Waals surface area contributed by atoms with Gasteiger partial charge in [-0.05, 0) is 24.5 Å². The molecule has 0 saturated carbocycles. The van der Waals surface area contributed by atoms with E-state index in [0.29, 0.717) is 13.0 Å². The second-order valence-corrected chi connectivity index (χ2v) is 7.25. The fraction of sp³-hybridized carbons (Fsp3) is 0.435. The molecular weight excluding hydrogens is 336 g/mol. The van der Waals surface area contributed by atoms with Gasteiger partial charge in [0.1, 0.15) is 0 Å². The van der Waals surface area contributed by atoms with Gasteiger partial charge in [0.2, 0.25) is 5.91 Å². The van der Waals surface area contributed by atoms with Gasteiger partial charge in [0.15, 0.2) is 0 Å². The average Bonchev–Trinajstić information content (AvgIpc) is 2.72. The van der Waals surface area contributed by atoms with E-state index >= 15 is 0 Å². The molecule has 1 unspecified atom stereocenters. The summed E-state index contributed by atoms with van der Waals surface area (Å²) in [5.74, 6) is 0.225. The van der Waals surface area contributed by atoms with Crippen molar-refractivity contribution in [3.8, 4) is 0 Å². The van der Waals surface area contributed by atoms with Gasteiger partial charge in [0.05, 0.1) is 13.2 Å². The maximum absolute atomic E-state index is 13.1. The zero-order valence-corrected chi connectivity index (χ0v) is 16.2. The Morgan fingerprint density at radius 3 is 2.22 bits per heavy atom. The highest BCUT2D eigenvalue weighted by atomic mass is 16.5. The van der Waals surface area contributed by atoms with Crippen molar-refractivity contribution in [2.45, 2.75) is 32.4 Å². The smallest absolute Gasteiger partial charge is 0.223 e. The van der Waals surface area contributed by atoms with Crippen LogP contribution in [0, 0.1) is 0 Å². The van der Waals surface area contributed by atoms with E-state index in [1.165, 1.54) is 11.1 Å². The topological polar surface area (TPSA) is 32.8 Å². The number of morpholine rings is 1. The van der Waals surface area contributed by atoms with Crippen molar-refractivity contribution < 1.29 is 9.53 Å². The molecule has 1 atom stereocenters. The molecule has 2 aromatic carbocycles. The van der Waals surface area contributed by atoms with E-state index in [4.69, 9.17) is 4.74 Å². The number of aryl methyl sites for hydroxylation is 1. The minimum absolute atomic E-state index is 0.173. The highest BCUT2D eigenvalue weighted by Gasteiger charge is 2.23. The van der Waals surface area contributed by atoms with Crippen LogP contribution in [0.25, 0.3) is 0 Å². The maximum atomic E-state index is 13.1. The van der Waals surface area contributed by atoms with Crippen molar-refractivity contribution in [1.82, 2.24) is 9.80 Å². The number of hydrogen-bond donors (Lipinski definition) is 0. The summed E-state index contributed by atoms with van der Waals surface area (Å²) in [4.78, 5) is 17.5. The number of carbonyl (C=O) groups is 1. The first-order valence-corrected chi connectivity index (χ1v) is 9.90. The quantitative estimate of drug-likeness (QED) is 0.718. The van der Waals surface area contributed by atoms with E-state index in [0.717, 1.165) is 39.3 Å². The first-order chi connectivity index (χ1) is 13.2. The van der Waals surface area contributed by atoms with Crippen LogP contribution in [0.3, 0.4) is 0 Å². The molecule has 0 aliphatic carbocycles. The van der Waals surface area contributed by atoms with E-state index in [2.05, 4.69) is 36.1 Å². The van der Waals surface area contributed by atoms with Gasteiger partial charge in [-0.2, -0.15) is 0 Å². The van der Waals surface area contributed by atoms with Crippen LogP contribution < -0.4 is 0 Å². The maximum Gasteiger partial charge on any atom is 0.223 e. The molecule has 1 saturated heterocycles. The first kappa shape index (κ1) is 19.6. The Balaban J connectivity index is 1.64. The molecule has 1 amide bonds. The van der Waals surface area contributed by atoms with Gasteiger partial charge in [-0.25, -0.2) is 0 Å². The fourth-order valence-electron chi connectivity index (χ4n) is 3.57. The van der Waals surface area contributed by atoms with E-state index in [9.17, 15) is 4.79 Å². The van der Waals surface area contributed by atoms with Crippen molar-refractivity contribution in [3.05, 3.63) is 71.8 Å².